The number of thioether (sulfide) groups is 1. The molecule has 0 aliphatic carbocycles. The fourth-order valence-corrected chi connectivity index (χ4v) is 2.38. The molecule has 0 radical (unpaired) electrons. The summed E-state index contributed by atoms with van der Waals surface area (Å²) in [6.45, 7) is 0. The van der Waals surface area contributed by atoms with Gasteiger partial charge in [-0.25, -0.2) is 0 Å². The molecule has 0 aromatic heterocycles. The molecule has 7 heteroatoms. The van der Waals surface area contributed by atoms with E-state index < -0.39 is 11.7 Å². The van der Waals surface area contributed by atoms with E-state index in [0.29, 0.717) is 5.69 Å². The standard InChI is InChI=1S/C15H13F3N2OS/c16-15(17,18)10-2-1-3-12(8-10)20-14(21)9-22-13-6-4-11(19)5-7-13/h1-8H,9,19H2,(H,20,21). The Morgan fingerprint density at radius 2 is 1.82 bits per heavy atom. The SMILES string of the molecule is Nc1ccc(SCC(=O)Nc2cccc(C(F)(F)F)c2)cc1. The van der Waals surface area contributed by atoms with Crippen molar-refractivity contribution in [1.29, 1.82) is 0 Å². The number of hydrogen-bond donors (Lipinski definition) is 2. The minimum absolute atomic E-state index is 0.0974. The van der Waals surface area contributed by atoms with Crippen molar-refractivity contribution in [3.8, 4) is 0 Å². The molecule has 1 amide bonds. The van der Waals surface area contributed by atoms with Crippen molar-refractivity contribution in [3.05, 3.63) is 54.1 Å². The Balaban J connectivity index is 1.93. The van der Waals surface area contributed by atoms with E-state index in [9.17, 15) is 18.0 Å². The van der Waals surface area contributed by atoms with E-state index in [-0.39, 0.29) is 17.3 Å². The van der Waals surface area contributed by atoms with E-state index in [1.165, 1.54) is 23.9 Å². The highest BCUT2D eigenvalue weighted by atomic mass is 32.2. The van der Waals surface area contributed by atoms with Crippen LogP contribution < -0.4 is 11.1 Å². The molecule has 3 nitrogen and oxygen atoms in total. The van der Waals surface area contributed by atoms with Crippen molar-refractivity contribution in [2.24, 2.45) is 0 Å². The van der Waals surface area contributed by atoms with Crippen LogP contribution in [0, 0.1) is 0 Å². The van der Waals surface area contributed by atoms with Crippen molar-refractivity contribution < 1.29 is 18.0 Å². The summed E-state index contributed by atoms with van der Waals surface area (Å²) < 4.78 is 37.7. The third-order valence-electron chi connectivity index (χ3n) is 2.72. The Labute approximate surface area is 129 Å². The summed E-state index contributed by atoms with van der Waals surface area (Å²) in [5.74, 6) is -0.277. The molecule has 0 aliphatic heterocycles. The van der Waals surface area contributed by atoms with E-state index >= 15 is 0 Å². The van der Waals surface area contributed by atoms with E-state index in [1.807, 2.05) is 0 Å². The van der Waals surface area contributed by atoms with Crippen LogP contribution in [0.3, 0.4) is 0 Å². The van der Waals surface area contributed by atoms with Gasteiger partial charge in [-0.15, -0.1) is 11.8 Å². The zero-order chi connectivity index (χ0) is 16.2. The quantitative estimate of drug-likeness (QED) is 0.659. The minimum Gasteiger partial charge on any atom is -0.399 e. The second-order valence-electron chi connectivity index (χ2n) is 4.48. The normalized spacial score (nSPS) is 11.2. The Kier molecular flexibility index (Phi) is 4.97. The first-order chi connectivity index (χ1) is 10.3. The number of hydrogen-bond acceptors (Lipinski definition) is 3. The van der Waals surface area contributed by atoms with E-state index in [4.69, 9.17) is 5.73 Å². The van der Waals surface area contributed by atoms with Gasteiger partial charge in [-0.2, -0.15) is 13.2 Å². The van der Waals surface area contributed by atoms with Crippen LogP contribution in [0.4, 0.5) is 24.5 Å². The Hall–Kier alpha value is -2.15. The number of rotatable bonds is 4. The van der Waals surface area contributed by atoms with E-state index in [0.717, 1.165) is 17.0 Å². The lowest BCUT2D eigenvalue weighted by Crippen LogP contribution is -2.15. The highest BCUT2D eigenvalue weighted by Gasteiger charge is 2.30. The molecule has 0 unspecified atom stereocenters. The zero-order valence-corrected chi connectivity index (χ0v) is 12.2. The van der Waals surface area contributed by atoms with Gasteiger partial charge in [-0.3, -0.25) is 4.79 Å². The second-order valence-corrected chi connectivity index (χ2v) is 5.53. The van der Waals surface area contributed by atoms with Gasteiger partial charge in [0.05, 0.1) is 11.3 Å². The number of amides is 1. The molecule has 0 bridgehead atoms. The molecule has 0 fully saturated rings. The fourth-order valence-electron chi connectivity index (χ4n) is 1.68. The Morgan fingerprint density at radius 3 is 2.45 bits per heavy atom. The summed E-state index contributed by atoms with van der Waals surface area (Å²) >= 11 is 1.28. The molecule has 22 heavy (non-hydrogen) atoms. The molecular formula is C15H13F3N2OS. The molecule has 0 saturated carbocycles. The van der Waals surface area contributed by atoms with Crippen LogP contribution in [-0.4, -0.2) is 11.7 Å². The van der Waals surface area contributed by atoms with Gasteiger partial charge in [0.1, 0.15) is 0 Å². The lowest BCUT2D eigenvalue weighted by Gasteiger charge is -2.09. The molecule has 2 aromatic rings. The van der Waals surface area contributed by atoms with Gasteiger partial charge in [-0.1, -0.05) is 6.07 Å². The maximum atomic E-state index is 12.6. The van der Waals surface area contributed by atoms with Crippen molar-refractivity contribution >= 4 is 29.0 Å². The number of carbonyl (C=O) groups is 1. The molecule has 3 N–H and O–H groups in total. The number of nitrogens with one attached hydrogen (secondary N) is 1. The Morgan fingerprint density at radius 1 is 1.14 bits per heavy atom. The summed E-state index contributed by atoms with van der Waals surface area (Å²) in [7, 11) is 0. The number of halogens is 3. The third kappa shape index (κ3) is 4.70. The van der Waals surface area contributed by atoms with E-state index in [2.05, 4.69) is 5.32 Å². The lowest BCUT2D eigenvalue weighted by atomic mass is 10.2. The van der Waals surface area contributed by atoms with Crippen LogP contribution in [0.2, 0.25) is 0 Å². The van der Waals surface area contributed by atoms with Crippen LogP contribution in [0.15, 0.2) is 53.4 Å². The van der Waals surface area contributed by atoms with Gasteiger partial charge in [0.2, 0.25) is 5.91 Å². The van der Waals surface area contributed by atoms with Crippen molar-refractivity contribution in [2.45, 2.75) is 11.1 Å². The van der Waals surface area contributed by atoms with Gasteiger partial charge in [0, 0.05) is 16.3 Å². The van der Waals surface area contributed by atoms with Crippen molar-refractivity contribution in [1.82, 2.24) is 0 Å². The molecule has 2 rings (SSSR count). The van der Waals surface area contributed by atoms with Gasteiger partial charge >= 0.3 is 6.18 Å². The summed E-state index contributed by atoms with van der Waals surface area (Å²) in [6, 6.07) is 11.5. The summed E-state index contributed by atoms with van der Waals surface area (Å²) in [5, 5.41) is 2.45. The first-order valence-electron chi connectivity index (χ1n) is 6.30. The lowest BCUT2D eigenvalue weighted by molar-refractivity contribution is -0.137. The number of alkyl halides is 3. The second kappa shape index (κ2) is 6.74. The molecule has 0 atom stereocenters. The molecule has 116 valence electrons. The summed E-state index contributed by atoms with van der Waals surface area (Å²) in [4.78, 5) is 12.6. The minimum atomic E-state index is -4.43. The van der Waals surface area contributed by atoms with Crippen LogP contribution in [0.1, 0.15) is 5.56 Å². The van der Waals surface area contributed by atoms with Crippen LogP contribution in [0.5, 0.6) is 0 Å². The largest absolute Gasteiger partial charge is 0.416 e. The summed E-state index contributed by atoms with van der Waals surface area (Å²) in [5.41, 5.74) is 5.50. The highest BCUT2D eigenvalue weighted by Crippen LogP contribution is 2.30. The summed E-state index contributed by atoms with van der Waals surface area (Å²) in [6.07, 6.45) is -4.43. The highest BCUT2D eigenvalue weighted by molar-refractivity contribution is 8.00. The number of nitrogen functional groups attached to an aromatic ring is 1. The first-order valence-corrected chi connectivity index (χ1v) is 7.28. The average molecular weight is 326 g/mol. The maximum Gasteiger partial charge on any atom is 0.416 e. The van der Waals surface area contributed by atoms with Crippen LogP contribution in [-0.2, 0) is 11.0 Å². The number of benzene rings is 2. The maximum absolute atomic E-state index is 12.6. The van der Waals surface area contributed by atoms with E-state index in [1.54, 1.807) is 24.3 Å². The van der Waals surface area contributed by atoms with Gasteiger partial charge < -0.3 is 11.1 Å². The van der Waals surface area contributed by atoms with Gasteiger partial charge in [-0.05, 0) is 42.5 Å². The average Bonchev–Trinajstić information content (AvgIpc) is 2.46. The van der Waals surface area contributed by atoms with Crippen molar-refractivity contribution in [3.63, 3.8) is 0 Å². The topological polar surface area (TPSA) is 55.1 Å². The van der Waals surface area contributed by atoms with Gasteiger partial charge in [0.15, 0.2) is 0 Å². The third-order valence-corrected chi connectivity index (χ3v) is 3.74. The predicted octanol–water partition coefficient (Wildman–Crippen LogP) is 4.02. The van der Waals surface area contributed by atoms with Gasteiger partial charge in [0.25, 0.3) is 0 Å². The number of carbonyl (C=O) groups excluding carboxylic acids is 1. The molecule has 0 aliphatic rings. The zero-order valence-electron chi connectivity index (χ0n) is 11.4. The van der Waals surface area contributed by atoms with Crippen LogP contribution >= 0.6 is 11.8 Å². The first kappa shape index (κ1) is 16.2. The van der Waals surface area contributed by atoms with Crippen LogP contribution in [0.25, 0.3) is 0 Å². The molecule has 2 aromatic carbocycles. The number of nitrogens with two attached hydrogens (primary N) is 1. The molecule has 0 heterocycles. The number of anilines is 2. The molecular weight excluding hydrogens is 313 g/mol. The van der Waals surface area contributed by atoms with Crippen molar-refractivity contribution in [2.75, 3.05) is 16.8 Å². The molecule has 0 spiro atoms. The fraction of sp³-hybridized carbons (Fsp3) is 0.133. The molecule has 0 saturated heterocycles. The predicted molar refractivity (Wildman–Crippen MR) is 81.7 cm³/mol. The monoisotopic (exact) mass is 326 g/mol. The Bertz CT molecular complexity index is 657. The smallest absolute Gasteiger partial charge is 0.399 e.